The van der Waals surface area contributed by atoms with Crippen LogP contribution in [0.25, 0.3) is 0 Å². The highest BCUT2D eigenvalue weighted by atomic mass is 16.5. The monoisotopic (exact) mass is 234 g/mol. The largest absolute Gasteiger partial charge is 0.490 e. The lowest BCUT2D eigenvalue weighted by Gasteiger charge is -2.30. The van der Waals surface area contributed by atoms with Gasteiger partial charge in [0.1, 0.15) is 11.9 Å². The van der Waals surface area contributed by atoms with Crippen LogP contribution in [0.3, 0.4) is 0 Å². The van der Waals surface area contributed by atoms with E-state index in [4.69, 9.17) is 9.84 Å². The summed E-state index contributed by atoms with van der Waals surface area (Å²) in [4.78, 5) is 0. The van der Waals surface area contributed by atoms with Gasteiger partial charge in [-0.3, -0.25) is 0 Å². The number of aliphatic hydroxyl groups is 1. The molecular weight excluding hydrogens is 212 g/mol. The van der Waals surface area contributed by atoms with Crippen LogP contribution in [-0.2, 0) is 6.42 Å². The van der Waals surface area contributed by atoms with Gasteiger partial charge in [-0.05, 0) is 43.2 Å². The Balaban J connectivity index is 2.06. The topological polar surface area (TPSA) is 29.5 Å². The van der Waals surface area contributed by atoms with Crippen LogP contribution in [0.15, 0.2) is 24.3 Å². The molecule has 1 fully saturated rings. The van der Waals surface area contributed by atoms with Crippen molar-refractivity contribution in [2.75, 3.05) is 6.61 Å². The fourth-order valence-corrected chi connectivity index (χ4v) is 2.57. The molecule has 94 valence electrons. The smallest absolute Gasteiger partial charge is 0.123 e. The molecule has 2 unspecified atom stereocenters. The van der Waals surface area contributed by atoms with Crippen molar-refractivity contribution in [3.05, 3.63) is 29.8 Å². The minimum atomic E-state index is 0.181. The van der Waals surface area contributed by atoms with E-state index < -0.39 is 0 Å². The zero-order valence-electron chi connectivity index (χ0n) is 10.6. The van der Waals surface area contributed by atoms with Gasteiger partial charge in [0.05, 0.1) is 0 Å². The van der Waals surface area contributed by atoms with Crippen LogP contribution < -0.4 is 4.74 Å². The summed E-state index contributed by atoms with van der Waals surface area (Å²) in [6.07, 6.45) is 6.07. The Morgan fingerprint density at radius 1 is 1.24 bits per heavy atom. The Morgan fingerprint density at radius 2 is 2.00 bits per heavy atom. The molecule has 0 aromatic heterocycles. The summed E-state index contributed by atoms with van der Waals surface area (Å²) in [7, 11) is 0. The summed E-state index contributed by atoms with van der Waals surface area (Å²) in [5, 5.41) is 9.05. The van der Waals surface area contributed by atoms with Crippen LogP contribution in [0.4, 0.5) is 0 Å². The van der Waals surface area contributed by atoms with Gasteiger partial charge in [-0.1, -0.05) is 31.5 Å². The second-order valence-corrected chi connectivity index (χ2v) is 5.00. The maximum absolute atomic E-state index is 9.05. The summed E-state index contributed by atoms with van der Waals surface area (Å²) in [6.45, 7) is 2.46. The number of benzene rings is 1. The fraction of sp³-hybridized carbons (Fsp3) is 0.600. The molecule has 0 spiro atoms. The van der Waals surface area contributed by atoms with Crippen LogP contribution in [0.5, 0.6) is 5.75 Å². The van der Waals surface area contributed by atoms with E-state index in [1.165, 1.54) is 19.3 Å². The lowest BCUT2D eigenvalue weighted by molar-refractivity contribution is 0.101. The van der Waals surface area contributed by atoms with Crippen LogP contribution in [0, 0.1) is 5.92 Å². The first-order chi connectivity index (χ1) is 8.31. The molecule has 17 heavy (non-hydrogen) atoms. The SMILES string of the molecule is CC1CCCCC1Oc1ccccc1CCO. The summed E-state index contributed by atoms with van der Waals surface area (Å²) in [5.74, 6) is 1.60. The first kappa shape index (κ1) is 12.4. The van der Waals surface area contributed by atoms with Gasteiger partial charge in [0, 0.05) is 6.61 Å². The quantitative estimate of drug-likeness (QED) is 0.867. The molecular formula is C15H22O2. The zero-order valence-corrected chi connectivity index (χ0v) is 10.6. The average Bonchev–Trinajstić information content (AvgIpc) is 2.35. The Kier molecular flexibility index (Phi) is 4.43. The van der Waals surface area contributed by atoms with Gasteiger partial charge in [0.15, 0.2) is 0 Å². The molecule has 0 heterocycles. The minimum Gasteiger partial charge on any atom is -0.490 e. The average molecular weight is 234 g/mol. The van der Waals surface area contributed by atoms with Crippen molar-refractivity contribution in [2.45, 2.75) is 45.1 Å². The number of ether oxygens (including phenoxy) is 1. The van der Waals surface area contributed by atoms with Crippen LogP contribution >= 0.6 is 0 Å². The third-order valence-electron chi connectivity index (χ3n) is 3.66. The molecule has 2 nitrogen and oxygen atoms in total. The van der Waals surface area contributed by atoms with Crippen molar-refractivity contribution in [3.63, 3.8) is 0 Å². The van der Waals surface area contributed by atoms with Gasteiger partial charge >= 0.3 is 0 Å². The first-order valence-electron chi connectivity index (χ1n) is 6.66. The third kappa shape index (κ3) is 3.22. The van der Waals surface area contributed by atoms with Crippen molar-refractivity contribution in [2.24, 2.45) is 5.92 Å². The predicted molar refractivity (Wildman–Crippen MR) is 69.3 cm³/mol. The lowest BCUT2D eigenvalue weighted by atomic mass is 9.88. The number of hydrogen-bond acceptors (Lipinski definition) is 2. The second kappa shape index (κ2) is 6.06. The highest BCUT2D eigenvalue weighted by Gasteiger charge is 2.23. The van der Waals surface area contributed by atoms with Crippen LogP contribution in [-0.4, -0.2) is 17.8 Å². The molecule has 2 rings (SSSR count). The summed E-state index contributed by atoms with van der Waals surface area (Å²) < 4.78 is 6.14. The van der Waals surface area contributed by atoms with E-state index in [1.54, 1.807) is 0 Å². The Labute approximate surface area is 104 Å². The van der Waals surface area contributed by atoms with E-state index in [9.17, 15) is 0 Å². The fourth-order valence-electron chi connectivity index (χ4n) is 2.57. The number of hydrogen-bond donors (Lipinski definition) is 1. The molecule has 1 saturated carbocycles. The highest BCUT2D eigenvalue weighted by Crippen LogP contribution is 2.29. The van der Waals surface area contributed by atoms with Crippen molar-refractivity contribution >= 4 is 0 Å². The Hall–Kier alpha value is -1.02. The van der Waals surface area contributed by atoms with E-state index in [2.05, 4.69) is 6.92 Å². The molecule has 0 saturated heterocycles. The molecule has 2 heteroatoms. The van der Waals surface area contributed by atoms with Crippen LogP contribution in [0.1, 0.15) is 38.2 Å². The maximum atomic E-state index is 9.05. The molecule has 1 aromatic carbocycles. The molecule has 0 bridgehead atoms. The van der Waals surface area contributed by atoms with E-state index in [-0.39, 0.29) is 6.61 Å². The Morgan fingerprint density at radius 3 is 2.76 bits per heavy atom. The van der Waals surface area contributed by atoms with Crippen molar-refractivity contribution in [3.8, 4) is 5.75 Å². The van der Waals surface area contributed by atoms with E-state index >= 15 is 0 Å². The van der Waals surface area contributed by atoms with Gasteiger partial charge in [0.25, 0.3) is 0 Å². The van der Waals surface area contributed by atoms with Gasteiger partial charge in [-0.2, -0.15) is 0 Å². The van der Waals surface area contributed by atoms with Gasteiger partial charge in [0.2, 0.25) is 0 Å². The summed E-state index contributed by atoms with van der Waals surface area (Å²) in [5.41, 5.74) is 1.12. The standard InChI is InChI=1S/C15H22O2/c1-12-6-2-4-8-14(12)17-15-9-5-3-7-13(15)10-11-16/h3,5,7,9,12,14,16H,2,4,6,8,10-11H2,1H3. The van der Waals surface area contributed by atoms with Crippen molar-refractivity contribution in [1.29, 1.82) is 0 Å². The maximum Gasteiger partial charge on any atom is 0.123 e. The number of aliphatic hydroxyl groups excluding tert-OH is 1. The second-order valence-electron chi connectivity index (χ2n) is 5.00. The van der Waals surface area contributed by atoms with Gasteiger partial charge in [-0.15, -0.1) is 0 Å². The zero-order chi connectivity index (χ0) is 12.1. The predicted octanol–water partition coefficient (Wildman–Crippen LogP) is 3.18. The summed E-state index contributed by atoms with van der Waals surface area (Å²) in [6, 6.07) is 8.07. The van der Waals surface area contributed by atoms with Crippen LogP contribution in [0.2, 0.25) is 0 Å². The minimum absolute atomic E-state index is 0.181. The molecule has 1 aromatic rings. The Bertz CT molecular complexity index is 349. The molecule has 1 N–H and O–H groups in total. The summed E-state index contributed by atoms with van der Waals surface area (Å²) >= 11 is 0. The van der Waals surface area contributed by atoms with Crippen molar-refractivity contribution in [1.82, 2.24) is 0 Å². The molecule has 1 aliphatic carbocycles. The van der Waals surface area contributed by atoms with Crippen molar-refractivity contribution < 1.29 is 9.84 Å². The normalized spacial score (nSPS) is 24.6. The van der Waals surface area contributed by atoms with Gasteiger partial charge in [-0.25, -0.2) is 0 Å². The van der Waals surface area contributed by atoms with Gasteiger partial charge < -0.3 is 9.84 Å². The number of rotatable bonds is 4. The molecule has 2 atom stereocenters. The molecule has 0 aliphatic heterocycles. The molecule has 0 amide bonds. The third-order valence-corrected chi connectivity index (χ3v) is 3.66. The number of para-hydroxylation sites is 1. The van der Waals surface area contributed by atoms with E-state index in [0.29, 0.717) is 18.4 Å². The first-order valence-corrected chi connectivity index (χ1v) is 6.66. The van der Waals surface area contributed by atoms with E-state index in [1.807, 2.05) is 24.3 Å². The highest BCUT2D eigenvalue weighted by molar-refractivity contribution is 5.33. The molecule has 0 radical (unpaired) electrons. The molecule has 1 aliphatic rings. The lowest BCUT2D eigenvalue weighted by Crippen LogP contribution is -2.28. The van der Waals surface area contributed by atoms with E-state index in [0.717, 1.165) is 17.7 Å².